The minimum Gasteiger partial charge on any atom is -0.337 e. The van der Waals surface area contributed by atoms with E-state index >= 15 is 0 Å². The predicted molar refractivity (Wildman–Crippen MR) is 63.2 cm³/mol. The number of nitrogens with zero attached hydrogens (tertiary/aromatic N) is 1. The summed E-state index contributed by atoms with van der Waals surface area (Å²) < 4.78 is 0. The summed E-state index contributed by atoms with van der Waals surface area (Å²) in [6.07, 6.45) is 0. The van der Waals surface area contributed by atoms with Gasteiger partial charge in [-0.25, -0.2) is 4.98 Å². The van der Waals surface area contributed by atoms with Gasteiger partial charge < -0.3 is 4.98 Å². The number of imidazole rings is 1. The molecule has 1 heterocycles. The van der Waals surface area contributed by atoms with Gasteiger partial charge in [0, 0.05) is 11.1 Å². The summed E-state index contributed by atoms with van der Waals surface area (Å²) in [6, 6.07) is 0. The largest absolute Gasteiger partial charge is 0.337 e. The molecule has 0 unspecified atom stereocenters. The van der Waals surface area contributed by atoms with Crippen molar-refractivity contribution in [1.29, 1.82) is 0 Å². The molecule has 0 aliphatic heterocycles. The lowest BCUT2D eigenvalue weighted by atomic mass is 9.92. The number of aromatic nitrogens is 2. The first-order valence-corrected chi connectivity index (χ1v) is 5.98. The molecule has 1 aromatic rings. The maximum atomic E-state index is 11.7. The number of H-pyrrole nitrogens is 1. The number of carbonyl (C=O) groups excluding carboxylic acids is 1. The molecule has 0 saturated carbocycles. The van der Waals surface area contributed by atoms with E-state index in [-0.39, 0.29) is 11.2 Å². The van der Waals surface area contributed by atoms with Gasteiger partial charge in [0.25, 0.3) is 0 Å². The topological polar surface area (TPSA) is 45.8 Å². The van der Waals surface area contributed by atoms with Crippen molar-refractivity contribution in [2.75, 3.05) is 5.75 Å². The fourth-order valence-electron chi connectivity index (χ4n) is 0.934. The zero-order valence-electron chi connectivity index (χ0n) is 9.97. The van der Waals surface area contributed by atoms with E-state index in [4.69, 9.17) is 0 Å². The van der Waals surface area contributed by atoms with Crippen molar-refractivity contribution in [1.82, 2.24) is 9.97 Å². The Morgan fingerprint density at radius 2 is 2.00 bits per heavy atom. The van der Waals surface area contributed by atoms with Crippen LogP contribution in [-0.4, -0.2) is 21.5 Å². The number of hydrogen-bond donors (Lipinski definition) is 1. The SMILES string of the molecule is Cc1nc(SCC(=O)C(C)(C)C)[nH]c1C. The number of rotatable bonds is 3. The second-order valence-corrected chi connectivity index (χ2v) is 5.68. The molecular weight excluding hydrogens is 208 g/mol. The molecule has 0 saturated heterocycles. The molecule has 4 heteroatoms. The van der Waals surface area contributed by atoms with Gasteiger partial charge in [-0.3, -0.25) is 4.79 Å². The summed E-state index contributed by atoms with van der Waals surface area (Å²) in [7, 11) is 0. The molecular formula is C11H18N2OS. The van der Waals surface area contributed by atoms with Crippen LogP contribution in [-0.2, 0) is 4.79 Å². The third kappa shape index (κ3) is 3.38. The van der Waals surface area contributed by atoms with Crippen LogP contribution in [0.2, 0.25) is 0 Å². The quantitative estimate of drug-likeness (QED) is 0.806. The minimum atomic E-state index is -0.260. The lowest BCUT2D eigenvalue weighted by molar-refractivity contribution is -0.123. The van der Waals surface area contributed by atoms with Crippen molar-refractivity contribution < 1.29 is 4.79 Å². The van der Waals surface area contributed by atoms with Crippen LogP contribution < -0.4 is 0 Å². The van der Waals surface area contributed by atoms with Crippen LogP contribution in [0.5, 0.6) is 0 Å². The van der Waals surface area contributed by atoms with Crippen molar-refractivity contribution in [2.45, 2.75) is 39.8 Å². The Bertz CT molecular complexity index is 344. The van der Waals surface area contributed by atoms with E-state index in [1.54, 1.807) is 0 Å². The summed E-state index contributed by atoms with van der Waals surface area (Å²) in [6.45, 7) is 9.76. The van der Waals surface area contributed by atoms with Crippen molar-refractivity contribution in [3.63, 3.8) is 0 Å². The highest BCUT2D eigenvalue weighted by Gasteiger charge is 2.21. The summed E-state index contributed by atoms with van der Waals surface area (Å²) in [5.74, 6) is 0.731. The third-order valence-corrected chi connectivity index (χ3v) is 3.16. The van der Waals surface area contributed by atoms with Gasteiger partial charge >= 0.3 is 0 Å². The van der Waals surface area contributed by atoms with Gasteiger partial charge in [0.05, 0.1) is 11.4 Å². The molecule has 84 valence electrons. The lowest BCUT2D eigenvalue weighted by Gasteiger charge is -2.15. The summed E-state index contributed by atoms with van der Waals surface area (Å²) in [5.41, 5.74) is 1.81. The molecule has 1 N–H and O–H groups in total. The minimum absolute atomic E-state index is 0.249. The fourth-order valence-corrected chi connectivity index (χ4v) is 2.06. The van der Waals surface area contributed by atoms with Gasteiger partial charge in [-0.15, -0.1) is 0 Å². The first-order valence-electron chi connectivity index (χ1n) is 5.00. The molecule has 0 radical (unpaired) electrons. The highest BCUT2D eigenvalue weighted by molar-refractivity contribution is 7.99. The molecule has 0 fully saturated rings. The second kappa shape index (κ2) is 4.39. The number of aromatic amines is 1. The van der Waals surface area contributed by atoms with Crippen LogP contribution >= 0.6 is 11.8 Å². The molecule has 3 nitrogen and oxygen atoms in total. The molecule has 0 aliphatic rings. The standard InChI is InChI=1S/C11H18N2OS/c1-7-8(2)13-10(12-7)15-6-9(14)11(3,4)5/h6H2,1-5H3,(H,12,13). The summed E-state index contributed by atoms with van der Waals surface area (Å²) in [4.78, 5) is 19.1. The molecule has 0 spiro atoms. The number of aryl methyl sites for hydroxylation is 2. The van der Waals surface area contributed by atoms with E-state index < -0.39 is 0 Å². The lowest BCUT2D eigenvalue weighted by Crippen LogP contribution is -2.22. The Morgan fingerprint density at radius 1 is 1.40 bits per heavy atom. The van der Waals surface area contributed by atoms with E-state index in [0.29, 0.717) is 5.75 Å². The number of nitrogens with one attached hydrogen (secondary N) is 1. The Balaban J connectivity index is 2.55. The maximum Gasteiger partial charge on any atom is 0.166 e. The Kier molecular flexibility index (Phi) is 3.60. The average Bonchev–Trinajstić information content (AvgIpc) is 2.41. The van der Waals surface area contributed by atoms with Gasteiger partial charge in [-0.2, -0.15) is 0 Å². The molecule has 0 bridgehead atoms. The highest BCUT2D eigenvalue weighted by atomic mass is 32.2. The zero-order valence-corrected chi connectivity index (χ0v) is 10.8. The van der Waals surface area contributed by atoms with Crippen LogP contribution in [0.1, 0.15) is 32.2 Å². The Morgan fingerprint density at radius 3 is 2.40 bits per heavy atom. The normalized spacial score (nSPS) is 11.8. The molecule has 0 amide bonds. The smallest absolute Gasteiger partial charge is 0.166 e. The van der Waals surface area contributed by atoms with Gasteiger partial charge in [0.15, 0.2) is 5.16 Å². The molecule has 15 heavy (non-hydrogen) atoms. The van der Waals surface area contributed by atoms with E-state index in [1.807, 2.05) is 34.6 Å². The number of hydrogen-bond acceptors (Lipinski definition) is 3. The molecule has 0 aromatic carbocycles. The second-order valence-electron chi connectivity index (χ2n) is 4.71. The molecule has 1 aromatic heterocycles. The first kappa shape index (κ1) is 12.3. The van der Waals surface area contributed by atoms with Gasteiger partial charge in [0.2, 0.25) is 0 Å². The maximum absolute atomic E-state index is 11.7. The summed E-state index contributed by atoms with van der Waals surface area (Å²) >= 11 is 1.47. The van der Waals surface area contributed by atoms with Crippen molar-refractivity contribution in [2.24, 2.45) is 5.41 Å². The third-order valence-electron chi connectivity index (χ3n) is 2.28. The van der Waals surface area contributed by atoms with Crippen LogP contribution in [0.3, 0.4) is 0 Å². The average molecular weight is 226 g/mol. The summed E-state index contributed by atoms with van der Waals surface area (Å²) in [5, 5.41) is 0.836. The van der Waals surface area contributed by atoms with Crippen molar-refractivity contribution in [3.05, 3.63) is 11.4 Å². The van der Waals surface area contributed by atoms with Gasteiger partial charge in [-0.05, 0) is 13.8 Å². The zero-order chi connectivity index (χ0) is 11.6. The van der Waals surface area contributed by atoms with Crippen molar-refractivity contribution >= 4 is 17.5 Å². The Hall–Kier alpha value is -0.770. The van der Waals surface area contributed by atoms with Gasteiger partial charge in [-0.1, -0.05) is 32.5 Å². The van der Waals surface area contributed by atoms with E-state index in [9.17, 15) is 4.79 Å². The van der Waals surface area contributed by atoms with Crippen molar-refractivity contribution in [3.8, 4) is 0 Å². The van der Waals surface area contributed by atoms with Crippen LogP contribution in [0.15, 0.2) is 5.16 Å². The molecule has 0 aliphatic carbocycles. The number of carbonyl (C=O) groups is 1. The Labute approximate surface area is 95.1 Å². The van der Waals surface area contributed by atoms with E-state index in [1.165, 1.54) is 11.8 Å². The van der Waals surface area contributed by atoms with Gasteiger partial charge in [0.1, 0.15) is 5.78 Å². The van der Waals surface area contributed by atoms with Crippen LogP contribution in [0.4, 0.5) is 0 Å². The number of Topliss-reactive ketones (excluding diaryl/α,β-unsaturated/α-hetero) is 1. The van der Waals surface area contributed by atoms with Crippen LogP contribution in [0, 0.1) is 19.3 Å². The predicted octanol–water partition coefficient (Wildman–Crippen LogP) is 2.73. The van der Waals surface area contributed by atoms with E-state index in [0.717, 1.165) is 16.5 Å². The first-order chi connectivity index (χ1) is 6.80. The number of thioether (sulfide) groups is 1. The highest BCUT2D eigenvalue weighted by Crippen LogP contribution is 2.22. The van der Waals surface area contributed by atoms with Crippen LogP contribution in [0.25, 0.3) is 0 Å². The molecule has 1 rings (SSSR count). The number of ketones is 1. The molecule has 0 atom stereocenters. The van der Waals surface area contributed by atoms with E-state index in [2.05, 4.69) is 9.97 Å². The monoisotopic (exact) mass is 226 g/mol. The fraction of sp³-hybridized carbons (Fsp3) is 0.636.